The van der Waals surface area contributed by atoms with Crippen LogP contribution in [0.4, 0.5) is 0 Å². The number of phenolic OH excluding ortho intramolecular Hbond substituents is 1. The average molecular weight is 539 g/mol. The van der Waals surface area contributed by atoms with E-state index in [0.717, 1.165) is 5.56 Å². The van der Waals surface area contributed by atoms with Crippen LogP contribution in [0.2, 0.25) is 0 Å². The van der Waals surface area contributed by atoms with E-state index in [9.17, 15) is 0 Å². The Kier molecular flexibility index (Phi) is 13.4. The topological polar surface area (TPSA) is 20.2 Å². The Balaban J connectivity index is 0.000000249. The molecule has 0 amide bonds. The summed E-state index contributed by atoms with van der Waals surface area (Å²) >= 11 is -0.250. The van der Waals surface area contributed by atoms with E-state index in [0.29, 0.717) is 5.75 Å². The van der Waals surface area contributed by atoms with Gasteiger partial charge in [-0.05, 0) is 77.0 Å². The Labute approximate surface area is 198 Å². The van der Waals surface area contributed by atoms with Gasteiger partial charge in [-0.25, -0.2) is 0 Å². The van der Waals surface area contributed by atoms with Gasteiger partial charge in [0.15, 0.2) is 0 Å². The van der Waals surface area contributed by atoms with Crippen LogP contribution in [-0.2, 0) is 15.7 Å². The molecule has 0 aliphatic heterocycles. The zero-order valence-corrected chi connectivity index (χ0v) is 22.4. The summed E-state index contributed by atoms with van der Waals surface area (Å²) in [5.74, 6) is 0.303. The summed E-state index contributed by atoms with van der Waals surface area (Å²) < 4.78 is 1.85. The van der Waals surface area contributed by atoms with Crippen molar-refractivity contribution in [3.8, 4) is 5.75 Å². The Morgan fingerprint density at radius 2 is 1.13 bits per heavy atom. The minimum absolute atomic E-state index is 0. The maximum Gasteiger partial charge on any atom is -0.358 e. The van der Waals surface area contributed by atoms with Crippen molar-refractivity contribution in [1.29, 1.82) is 0 Å². The number of hydrogen-bond donors (Lipinski definition) is 1. The molecule has 3 saturated carbocycles. The largest absolute Gasteiger partial charge is 0.358 e. The minimum atomic E-state index is -0.250. The fourth-order valence-corrected chi connectivity index (χ4v) is 12.3. The third-order valence-corrected chi connectivity index (χ3v) is 13.1. The Morgan fingerprint density at radius 1 is 0.733 bits per heavy atom. The van der Waals surface area contributed by atoms with Gasteiger partial charge in [0.1, 0.15) is 0 Å². The number of para-hydroxylation sites is 1. The molecule has 3 aliphatic rings. The van der Waals surface area contributed by atoms with Crippen LogP contribution in [0, 0.1) is 7.43 Å². The SMILES string of the molecule is C1CCC([PH+](C2CCCCC2)C2CCCCC2)CC1.Oc1ccccc1[CH]=[Ru][Cl].[CH3-]. The fraction of sp³-hybridized carbons (Fsp3) is 0.692. The van der Waals surface area contributed by atoms with Gasteiger partial charge in [-0.1, -0.05) is 19.3 Å². The van der Waals surface area contributed by atoms with Crippen molar-refractivity contribution in [2.24, 2.45) is 0 Å². The molecule has 4 rings (SSSR count). The van der Waals surface area contributed by atoms with Gasteiger partial charge in [-0.2, -0.15) is 0 Å². The van der Waals surface area contributed by atoms with Crippen molar-refractivity contribution in [2.75, 3.05) is 0 Å². The van der Waals surface area contributed by atoms with Gasteiger partial charge in [0.25, 0.3) is 0 Å². The maximum atomic E-state index is 9.17. The fourth-order valence-electron chi connectivity index (χ4n) is 5.92. The first kappa shape index (κ1) is 26.5. The third kappa shape index (κ3) is 8.30. The van der Waals surface area contributed by atoms with E-state index in [1.807, 2.05) is 16.7 Å². The minimum Gasteiger partial charge on any atom is -0.358 e. The van der Waals surface area contributed by atoms with Gasteiger partial charge in [0.2, 0.25) is 0 Å². The van der Waals surface area contributed by atoms with Crippen LogP contribution in [0.5, 0.6) is 5.75 Å². The van der Waals surface area contributed by atoms with Gasteiger partial charge < -0.3 is 7.43 Å². The molecule has 0 radical (unpaired) electrons. The summed E-state index contributed by atoms with van der Waals surface area (Å²) in [5, 5.41) is 9.17. The number of aromatic hydroxyl groups is 1. The summed E-state index contributed by atoms with van der Waals surface area (Å²) in [6, 6.07) is 7.15. The second-order valence-electron chi connectivity index (χ2n) is 9.24. The van der Waals surface area contributed by atoms with Crippen LogP contribution in [0.25, 0.3) is 0 Å². The molecule has 1 nitrogen and oxygen atoms in total. The van der Waals surface area contributed by atoms with Crippen molar-refractivity contribution in [2.45, 2.75) is 113 Å². The summed E-state index contributed by atoms with van der Waals surface area (Å²) in [5.41, 5.74) is 4.51. The molecule has 3 aliphatic carbocycles. The molecule has 0 saturated heterocycles. The second kappa shape index (κ2) is 15.1. The van der Waals surface area contributed by atoms with E-state index in [-0.39, 0.29) is 31.0 Å². The molecule has 0 spiro atoms. The van der Waals surface area contributed by atoms with E-state index in [1.54, 1.807) is 108 Å². The number of halogens is 1. The molecule has 0 aromatic heterocycles. The standard InChI is InChI=1S/C18H33P.C7H6O.CH3.ClH.Ru/c1-4-10-16(11-5-1)19(17-12-6-2-7-13-17)18-14-8-3-9-15-18;1-6-4-2-3-5-7(6)8;;;/h16-18H,1-15H2;1-5,8H;1H3;1H;/q;;-1;;+1. The summed E-state index contributed by atoms with van der Waals surface area (Å²) in [4.78, 5) is 0. The molecule has 1 aromatic carbocycles. The quantitative estimate of drug-likeness (QED) is 0.232. The Hall–Kier alpha value is 0.233. The van der Waals surface area contributed by atoms with Gasteiger partial charge >= 0.3 is 70.7 Å². The van der Waals surface area contributed by atoms with Gasteiger partial charge in [0.05, 0.1) is 17.0 Å². The maximum absolute atomic E-state index is 9.17. The number of phenols is 1. The number of rotatable bonds is 4. The van der Waals surface area contributed by atoms with Crippen LogP contribution in [-0.4, -0.2) is 26.7 Å². The van der Waals surface area contributed by atoms with Crippen molar-refractivity contribution >= 4 is 22.2 Å². The molecule has 0 atom stereocenters. The average Bonchev–Trinajstić information content (AvgIpc) is 2.79. The molecule has 173 valence electrons. The first-order valence-corrected chi connectivity index (χ1v) is 17.0. The van der Waals surface area contributed by atoms with E-state index >= 15 is 0 Å². The van der Waals surface area contributed by atoms with Crippen molar-refractivity contribution in [1.82, 2.24) is 0 Å². The number of hydrogen-bond acceptors (Lipinski definition) is 1. The van der Waals surface area contributed by atoms with E-state index in [2.05, 4.69) is 0 Å². The molecular formula is C26H43ClOPRu. The zero-order chi connectivity index (χ0) is 20.3. The van der Waals surface area contributed by atoms with E-state index < -0.39 is 0 Å². The second-order valence-corrected chi connectivity index (χ2v) is 14.5. The molecule has 0 unspecified atom stereocenters. The van der Waals surface area contributed by atoms with Crippen LogP contribution >= 0.6 is 17.6 Å². The summed E-state index contributed by atoms with van der Waals surface area (Å²) in [6.07, 6.45) is 23.8. The number of benzene rings is 1. The van der Waals surface area contributed by atoms with Crippen molar-refractivity contribution in [3.05, 3.63) is 37.3 Å². The Morgan fingerprint density at radius 3 is 1.50 bits per heavy atom. The molecule has 3 fully saturated rings. The van der Waals surface area contributed by atoms with Crippen LogP contribution in [0.1, 0.15) is 102 Å². The van der Waals surface area contributed by atoms with Crippen LogP contribution < -0.4 is 0 Å². The first-order chi connectivity index (χ1) is 14.3. The van der Waals surface area contributed by atoms with Gasteiger partial charge in [0, 0.05) is 7.92 Å². The third-order valence-electron chi connectivity index (χ3n) is 7.32. The molecule has 0 bridgehead atoms. The summed E-state index contributed by atoms with van der Waals surface area (Å²) in [6.45, 7) is 0. The van der Waals surface area contributed by atoms with Gasteiger partial charge in [-0.3, -0.25) is 0 Å². The molecular weight excluding hydrogens is 496 g/mol. The molecule has 1 N–H and O–H groups in total. The van der Waals surface area contributed by atoms with Gasteiger partial charge in [-0.15, -0.1) is 0 Å². The molecule has 4 heteroatoms. The van der Waals surface area contributed by atoms with E-state index in [4.69, 9.17) is 14.8 Å². The Bertz CT molecular complexity index is 562. The van der Waals surface area contributed by atoms with E-state index in [1.165, 1.54) is 17.0 Å². The van der Waals surface area contributed by atoms with Crippen molar-refractivity contribution < 1.29 is 20.8 Å². The molecule has 0 heterocycles. The normalized spacial score (nSPS) is 22.1. The van der Waals surface area contributed by atoms with Crippen LogP contribution in [0.3, 0.4) is 0 Å². The van der Waals surface area contributed by atoms with Crippen LogP contribution in [0.15, 0.2) is 24.3 Å². The summed E-state index contributed by atoms with van der Waals surface area (Å²) in [7, 11) is 5.48. The zero-order valence-electron chi connectivity index (χ0n) is 18.9. The predicted octanol–water partition coefficient (Wildman–Crippen LogP) is 8.43. The molecule has 1 aromatic rings. The monoisotopic (exact) mass is 539 g/mol. The van der Waals surface area contributed by atoms with Crippen molar-refractivity contribution in [3.63, 3.8) is 0 Å². The molecule has 30 heavy (non-hydrogen) atoms. The predicted molar refractivity (Wildman–Crippen MR) is 134 cm³/mol. The smallest absolute Gasteiger partial charge is 0.358 e. The first-order valence-electron chi connectivity index (χ1n) is 12.0.